The zero-order chi connectivity index (χ0) is 17.0. The molecule has 0 fully saturated rings. The molecule has 3 N–H and O–H groups in total. The van der Waals surface area contributed by atoms with Gasteiger partial charge in [0.15, 0.2) is 11.9 Å². The van der Waals surface area contributed by atoms with Gasteiger partial charge < -0.3 is 20.2 Å². The number of rotatable bonds is 5. The number of nitriles is 1. The van der Waals surface area contributed by atoms with E-state index in [1.165, 1.54) is 6.33 Å². The number of amides is 1. The number of hydrogen-bond acceptors (Lipinski definition) is 6. The summed E-state index contributed by atoms with van der Waals surface area (Å²) < 4.78 is 10.8. The molecule has 1 aromatic carbocycles. The summed E-state index contributed by atoms with van der Waals surface area (Å²) in [5, 5.41) is 9.03. The van der Waals surface area contributed by atoms with Gasteiger partial charge >= 0.3 is 6.09 Å². The van der Waals surface area contributed by atoms with Crippen LogP contribution >= 0.6 is 27.5 Å². The topological polar surface area (TPSA) is 131 Å². The fourth-order valence-corrected chi connectivity index (χ4v) is 2.46. The van der Waals surface area contributed by atoms with Crippen LogP contribution < -0.4 is 16.0 Å². The molecule has 0 saturated carbocycles. The number of aromatic nitrogens is 2. The van der Waals surface area contributed by atoms with Crippen molar-refractivity contribution in [2.45, 2.75) is 12.5 Å². The summed E-state index contributed by atoms with van der Waals surface area (Å²) in [4.78, 5) is 29.3. The van der Waals surface area contributed by atoms with E-state index in [1.807, 2.05) is 6.07 Å². The third-order valence-electron chi connectivity index (χ3n) is 2.80. The van der Waals surface area contributed by atoms with Crippen LogP contribution in [0.3, 0.4) is 0 Å². The van der Waals surface area contributed by atoms with Gasteiger partial charge in [-0.3, -0.25) is 4.79 Å². The Balaban J connectivity index is 2.39. The van der Waals surface area contributed by atoms with Gasteiger partial charge in [0.25, 0.3) is 5.56 Å². The predicted octanol–water partition coefficient (Wildman–Crippen LogP) is 2.10. The first-order valence-corrected chi connectivity index (χ1v) is 7.42. The van der Waals surface area contributed by atoms with Crippen molar-refractivity contribution >= 4 is 44.5 Å². The van der Waals surface area contributed by atoms with Gasteiger partial charge in [0.05, 0.1) is 29.4 Å². The van der Waals surface area contributed by atoms with Crippen LogP contribution in [0.5, 0.6) is 5.75 Å². The second-order valence-corrected chi connectivity index (χ2v) is 5.59. The maximum Gasteiger partial charge on any atom is 0.404 e. The second-order valence-electron chi connectivity index (χ2n) is 4.36. The summed E-state index contributed by atoms with van der Waals surface area (Å²) in [6.07, 6.45) is -0.790. The zero-order valence-electron chi connectivity index (χ0n) is 11.5. The lowest BCUT2D eigenvalue weighted by Gasteiger charge is -2.16. The maximum atomic E-state index is 12.0. The number of carbonyl (C=O) groups is 1. The van der Waals surface area contributed by atoms with Crippen LogP contribution in [0.25, 0.3) is 10.9 Å². The van der Waals surface area contributed by atoms with E-state index in [9.17, 15) is 9.59 Å². The normalized spacial score (nSPS) is 11.7. The van der Waals surface area contributed by atoms with E-state index in [4.69, 9.17) is 32.1 Å². The quantitative estimate of drug-likeness (QED) is 0.788. The van der Waals surface area contributed by atoms with Crippen molar-refractivity contribution in [3.63, 3.8) is 0 Å². The van der Waals surface area contributed by atoms with Crippen LogP contribution in [0, 0.1) is 11.3 Å². The number of ether oxygens (including phenoxy) is 2. The zero-order valence-corrected chi connectivity index (χ0v) is 13.8. The summed E-state index contributed by atoms with van der Waals surface area (Å²) in [6.45, 7) is -0.198. The number of nitrogens with two attached hydrogens (primary N) is 1. The molecule has 0 saturated heterocycles. The van der Waals surface area contributed by atoms with E-state index in [0.717, 1.165) is 0 Å². The van der Waals surface area contributed by atoms with Crippen LogP contribution in [-0.4, -0.2) is 28.8 Å². The highest BCUT2D eigenvalue weighted by Crippen LogP contribution is 2.37. The summed E-state index contributed by atoms with van der Waals surface area (Å²) in [5.74, 6) is 0.0707. The van der Waals surface area contributed by atoms with E-state index >= 15 is 0 Å². The number of aromatic amines is 1. The number of primary amides is 1. The lowest BCUT2D eigenvalue weighted by molar-refractivity contribution is 0.0747. The molecule has 2 aromatic rings. The average molecular weight is 402 g/mol. The molecule has 8 nitrogen and oxygen atoms in total. The van der Waals surface area contributed by atoms with Crippen molar-refractivity contribution in [3.8, 4) is 11.8 Å². The van der Waals surface area contributed by atoms with Crippen molar-refractivity contribution in [2.24, 2.45) is 5.73 Å². The van der Waals surface area contributed by atoms with Gasteiger partial charge in [0.1, 0.15) is 12.0 Å². The smallest absolute Gasteiger partial charge is 0.404 e. The highest BCUT2D eigenvalue weighted by molar-refractivity contribution is 9.10. The minimum absolute atomic E-state index is 0.0707. The first kappa shape index (κ1) is 17.1. The lowest BCUT2D eigenvalue weighted by Crippen LogP contribution is -2.28. The predicted molar refractivity (Wildman–Crippen MR) is 85.3 cm³/mol. The molecule has 10 heteroatoms. The number of carbonyl (C=O) groups excluding carboxylic acids is 1. The van der Waals surface area contributed by atoms with Gasteiger partial charge in [-0.15, -0.1) is 0 Å². The van der Waals surface area contributed by atoms with Crippen molar-refractivity contribution in [1.82, 2.24) is 9.97 Å². The van der Waals surface area contributed by atoms with Crippen LogP contribution in [0.15, 0.2) is 21.7 Å². The Kier molecular flexibility index (Phi) is 5.41. The van der Waals surface area contributed by atoms with Gasteiger partial charge in [0, 0.05) is 4.47 Å². The third-order valence-corrected chi connectivity index (χ3v) is 4.03. The van der Waals surface area contributed by atoms with E-state index < -0.39 is 17.8 Å². The van der Waals surface area contributed by atoms with Crippen molar-refractivity contribution < 1.29 is 14.3 Å². The third kappa shape index (κ3) is 3.91. The first-order valence-electron chi connectivity index (χ1n) is 6.25. The molecule has 1 aromatic heterocycles. The molecule has 0 bridgehead atoms. The number of benzene rings is 1. The standard InChI is InChI=1S/C13H10BrClN4O4/c14-7-3-8-9(12(20)19-5-18-8)11(10(7)15)22-4-6(1-2-16)23-13(17)21/h3,5-6H,1,4H2,(H2,17,21)(H,18,19,20)/t6-/m0/s1. The van der Waals surface area contributed by atoms with Crippen LogP contribution in [0.4, 0.5) is 4.79 Å². The second kappa shape index (κ2) is 7.30. The highest BCUT2D eigenvalue weighted by Gasteiger charge is 2.19. The van der Waals surface area contributed by atoms with Gasteiger partial charge in [-0.05, 0) is 22.0 Å². The largest absolute Gasteiger partial charge is 0.487 e. The number of H-pyrrole nitrogens is 1. The molecule has 2 rings (SSSR count). The molecular weight excluding hydrogens is 392 g/mol. The number of halogens is 2. The molecule has 0 radical (unpaired) electrons. The molecule has 1 heterocycles. The van der Waals surface area contributed by atoms with Gasteiger partial charge in [-0.2, -0.15) is 5.26 Å². The van der Waals surface area contributed by atoms with Gasteiger partial charge in [0.2, 0.25) is 0 Å². The molecule has 1 amide bonds. The number of fused-ring (bicyclic) bond motifs is 1. The molecule has 0 unspecified atom stereocenters. The Labute approximate surface area is 143 Å². The molecule has 0 aliphatic carbocycles. The number of hydrogen-bond donors (Lipinski definition) is 2. The van der Waals surface area contributed by atoms with E-state index in [1.54, 1.807) is 6.07 Å². The number of nitrogens with zero attached hydrogens (tertiary/aromatic N) is 2. The van der Waals surface area contributed by atoms with E-state index in [0.29, 0.717) is 9.99 Å². The molecule has 0 spiro atoms. The average Bonchev–Trinajstić information content (AvgIpc) is 2.48. The Morgan fingerprint density at radius 3 is 3.00 bits per heavy atom. The Morgan fingerprint density at radius 1 is 1.61 bits per heavy atom. The summed E-state index contributed by atoms with van der Waals surface area (Å²) in [7, 11) is 0. The van der Waals surface area contributed by atoms with Crippen LogP contribution in [0.2, 0.25) is 5.02 Å². The summed E-state index contributed by atoms with van der Waals surface area (Å²) in [5.41, 5.74) is 4.87. The maximum absolute atomic E-state index is 12.0. The molecule has 23 heavy (non-hydrogen) atoms. The van der Waals surface area contributed by atoms with Crippen LogP contribution in [-0.2, 0) is 4.74 Å². The fourth-order valence-electron chi connectivity index (χ4n) is 1.86. The Bertz CT molecular complexity index is 848. The van der Waals surface area contributed by atoms with E-state index in [2.05, 4.69) is 25.9 Å². The molecule has 1 atom stereocenters. The van der Waals surface area contributed by atoms with E-state index in [-0.39, 0.29) is 29.2 Å². The minimum Gasteiger partial charge on any atom is -0.487 e. The van der Waals surface area contributed by atoms with Gasteiger partial charge in [-0.1, -0.05) is 11.6 Å². The van der Waals surface area contributed by atoms with Gasteiger partial charge in [-0.25, -0.2) is 9.78 Å². The SMILES string of the molecule is N#CC[C@@H](COc1c(Cl)c(Br)cc2nc[nH]c(=O)c12)OC(N)=O. The minimum atomic E-state index is -1.03. The van der Waals surface area contributed by atoms with Crippen molar-refractivity contribution in [1.29, 1.82) is 5.26 Å². The highest BCUT2D eigenvalue weighted by atomic mass is 79.9. The Hall–Kier alpha value is -2.31. The van der Waals surface area contributed by atoms with Crippen LogP contribution in [0.1, 0.15) is 6.42 Å². The molecule has 0 aliphatic rings. The van der Waals surface area contributed by atoms with Crippen molar-refractivity contribution in [2.75, 3.05) is 6.61 Å². The Morgan fingerprint density at radius 2 is 2.35 bits per heavy atom. The lowest BCUT2D eigenvalue weighted by atomic mass is 10.2. The number of nitrogens with one attached hydrogen (secondary N) is 1. The molecule has 0 aliphatic heterocycles. The summed E-state index contributed by atoms with van der Waals surface area (Å²) in [6, 6.07) is 3.42. The monoisotopic (exact) mass is 400 g/mol. The fraction of sp³-hybridized carbons (Fsp3) is 0.231. The molecular formula is C13H10BrClN4O4. The van der Waals surface area contributed by atoms with Crippen molar-refractivity contribution in [3.05, 3.63) is 32.2 Å². The first-order chi connectivity index (χ1) is 10.9. The molecule has 120 valence electrons. The summed E-state index contributed by atoms with van der Waals surface area (Å²) >= 11 is 9.41.